The van der Waals surface area contributed by atoms with Gasteiger partial charge in [0.25, 0.3) is 0 Å². The van der Waals surface area contributed by atoms with Crippen LogP contribution in [0.4, 0.5) is 0 Å². The molecule has 0 bridgehead atoms. The first-order valence-corrected chi connectivity index (χ1v) is 8.92. The van der Waals surface area contributed by atoms with Gasteiger partial charge >= 0.3 is 7.82 Å². The molecule has 0 rings (SSSR count). The maximum Gasteiger partial charge on any atom is 0.471 e. The topological polar surface area (TPSA) is 114 Å². The van der Waals surface area contributed by atoms with Crippen LogP contribution >= 0.6 is 20.5 Å². The summed E-state index contributed by atoms with van der Waals surface area (Å²) in [7, 11) is -2.98. The summed E-state index contributed by atoms with van der Waals surface area (Å²) in [5, 5.41) is 5.26. The van der Waals surface area contributed by atoms with Gasteiger partial charge in [0, 0.05) is 38.8 Å². The molecule has 0 heterocycles. The highest BCUT2D eigenvalue weighted by Gasteiger charge is 2.28. The molecule has 3 N–H and O–H groups in total. The second-order valence-corrected chi connectivity index (χ2v) is 7.45. The van der Waals surface area contributed by atoms with E-state index in [1.807, 2.05) is 0 Å². The molecule has 0 aliphatic heterocycles. The monoisotopic (exact) mass is 356 g/mol. The molecule has 1 unspecified atom stereocenters. The molecule has 0 aliphatic rings. The van der Waals surface area contributed by atoms with Gasteiger partial charge in [0.05, 0.1) is 6.61 Å². The van der Waals surface area contributed by atoms with Crippen molar-refractivity contribution in [2.24, 2.45) is 5.41 Å². The minimum absolute atomic E-state index is 0.0922. The van der Waals surface area contributed by atoms with Crippen molar-refractivity contribution in [3.05, 3.63) is 0 Å². The van der Waals surface area contributed by atoms with Crippen molar-refractivity contribution < 1.29 is 28.1 Å². The fraction of sp³-hybridized carbons (Fsp3) is 0.833. The number of carbonyl (C=O) groups excluding carboxylic acids is 2. The second-order valence-electron chi connectivity index (χ2n) is 5.44. The van der Waals surface area contributed by atoms with E-state index < -0.39 is 13.2 Å². The number of carbonyl (C=O) groups is 2. The van der Waals surface area contributed by atoms with Crippen LogP contribution in [0.25, 0.3) is 0 Å². The molecule has 0 aromatic carbocycles. The van der Waals surface area contributed by atoms with E-state index in [2.05, 4.69) is 27.8 Å². The molecule has 0 aromatic heterocycles. The Morgan fingerprint density at radius 1 is 1.23 bits per heavy atom. The summed E-state index contributed by atoms with van der Waals surface area (Å²) >= 11 is 3.97. The normalized spacial score (nSPS) is 14.2. The van der Waals surface area contributed by atoms with Crippen molar-refractivity contribution in [1.82, 2.24) is 10.6 Å². The summed E-state index contributed by atoms with van der Waals surface area (Å²) in [6.45, 7) is 4.06. The van der Waals surface area contributed by atoms with Crippen molar-refractivity contribution >= 4 is 32.3 Å². The molecule has 0 saturated carbocycles. The number of rotatable bonds is 11. The second kappa shape index (κ2) is 10.2. The van der Waals surface area contributed by atoms with Crippen LogP contribution in [0.5, 0.6) is 0 Å². The fourth-order valence-corrected chi connectivity index (χ4v) is 2.19. The van der Waals surface area contributed by atoms with E-state index in [-0.39, 0.29) is 37.8 Å². The lowest BCUT2D eigenvalue weighted by atomic mass is 9.90. The number of nitrogens with one attached hydrogen (secondary N) is 2. The Morgan fingerprint density at radius 2 is 1.82 bits per heavy atom. The number of thiol groups is 1. The zero-order valence-corrected chi connectivity index (χ0v) is 14.9. The van der Waals surface area contributed by atoms with Crippen molar-refractivity contribution in [2.45, 2.75) is 26.7 Å². The van der Waals surface area contributed by atoms with Crippen LogP contribution in [-0.4, -0.2) is 49.3 Å². The minimum Gasteiger partial charge on any atom is -0.356 e. The molecule has 8 nitrogen and oxygen atoms in total. The third kappa shape index (κ3) is 11.0. The van der Waals surface area contributed by atoms with Crippen LogP contribution in [0.1, 0.15) is 26.7 Å². The number of phosphoric acid groups is 1. The number of phosphoric ester groups is 1. The Hall–Kier alpha value is -0.600. The average Bonchev–Trinajstić information content (AvgIpc) is 2.43. The van der Waals surface area contributed by atoms with Crippen LogP contribution < -0.4 is 10.6 Å². The van der Waals surface area contributed by atoms with Gasteiger partial charge < -0.3 is 15.5 Å². The molecule has 0 radical (unpaired) electrons. The van der Waals surface area contributed by atoms with E-state index in [1.54, 1.807) is 13.8 Å². The van der Waals surface area contributed by atoms with Gasteiger partial charge in [0.15, 0.2) is 0 Å². The van der Waals surface area contributed by atoms with Crippen LogP contribution in [0, 0.1) is 5.41 Å². The highest BCUT2D eigenvalue weighted by Crippen LogP contribution is 2.43. The molecule has 0 spiro atoms. The molecule has 0 fully saturated rings. The maximum atomic E-state index is 11.8. The molecule has 22 heavy (non-hydrogen) atoms. The van der Waals surface area contributed by atoms with Crippen molar-refractivity contribution in [3.63, 3.8) is 0 Å². The van der Waals surface area contributed by atoms with E-state index in [9.17, 15) is 14.2 Å². The van der Waals surface area contributed by atoms with Gasteiger partial charge in [0.2, 0.25) is 11.8 Å². The lowest BCUT2D eigenvalue weighted by Crippen LogP contribution is -2.34. The lowest BCUT2D eigenvalue weighted by Gasteiger charge is -2.24. The zero-order chi connectivity index (χ0) is 17.2. The molecular formula is C12H25N2O6PS. The van der Waals surface area contributed by atoms with Gasteiger partial charge in [-0.05, 0) is 5.41 Å². The Balaban J connectivity index is 4.03. The summed E-state index contributed by atoms with van der Waals surface area (Å²) in [5.41, 5.74) is -0.644. The molecule has 10 heteroatoms. The molecule has 1 atom stereocenters. The average molecular weight is 356 g/mol. The predicted molar refractivity (Wildman–Crippen MR) is 85.7 cm³/mol. The first-order valence-electron chi connectivity index (χ1n) is 6.79. The SMILES string of the molecule is COP(=O)(O)OCC(C)(C)CC(=O)NCCC(=O)NCCS. The summed E-state index contributed by atoms with van der Waals surface area (Å²) in [6.07, 6.45) is 0.279. The number of amides is 2. The third-order valence-electron chi connectivity index (χ3n) is 2.60. The van der Waals surface area contributed by atoms with E-state index in [1.165, 1.54) is 0 Å². The van der Waals surface area contributed by atoms with Gasteiger partial charge in [-0.2, -0.15) is 12.6 Å². The Bertz CT molecular complexity index is 418. The first kappa shape index (κ1) is 21.4. The molecule has 2 amide bonds. The van der Waals surface area contributed by atoms with Gasteiger partial charge in [0.1, 0.15) is 0 Å². The Labute approximate surface area is 136 Å². The predicted octanol–water partition coefficient (Wildman–Crippen LogP) is 0.718. The van der Waals surface area contributed by atoms with Crippen LogP contribution in [-0.2, 0) is 23.2 Å². The van der Waals surface area contributed by atoms with Crippen LogP contribution in [0.3, 0.4) is 0 Å². The fourth-order valence-electron chi connectivity index (χ4n) is 1.46. The molecule has 0 aromatic rings. The molecular weight excluding hydrogens is 331 g/mol. The van der Waals surface area contributed by atoms with Crippen LogP contribution in [0.2, 0.25) is 0 Å². The molecule has 130 valence electrons. The zero-order valence-electron chi connectivity index (χ0n) is 13.1. The van der Waals surface area contributed by atoms with Gasteiger partial charge in [-0.15, -0.1) is 0 Å². The quantitative estimate of drug-likeness (QED) is 0.320. The summed E-state index contributed by atoms with van der Waals surface area (Å²) in [6, 6.07) is 0. The van der Waals surface area contributed by atoms with E-state index >= 15 is 0 Å². The van der Waals surface area contributed by atoms with E-state index in [0.29, 0.717) is 12.3 Å². The summed E-state index contributed by atoms with van der Waals surface area (Å²) < 4.78 is 20.3. The van der Waals surface area contributed by atoms with Gasteiger partial charge in [-0.3, -0.25) is 18.6 Å². The largest absolute Gasteiger partial charge is 0.471 e. The maximum absolute atomic E-state index is 11.8. The first-order chi connectivity index (χ1) is 10.1. The number of hydrogen-bond donors (Lipinski definition) is 4. The lowest BCUT2D eigenvalue weighted by molar-refractivity contribution is -0.124. The smallest absolute Gasteiger partial charge is 0.356 e. The Morgan fingerprint density at radius 3 is 2.36 bits per heavy atom. The van der Waals surface area contributed by atoms with Gasteiger partial charge in [-0.1, -0.05) is 13.8 Å². The molecule has 0 aliphatic carbocycles. The Kier molecular flexibility index (Phi) is 9.95. The minimum atomic E-state index is -4.05. The van der Waals surface area contributed by atoms with E-state index in [0.717, 1.165) is 7.11 Å². The summed E-state index contributed by atoms with van der Waals surface area (Å²) in [5.74, 6) is 0.140. The standard InChI is InChI=1S/C12H25N2O6PS/c1-12(2,9-20-21(17,18)19-3)8-11(16)13-5-4-10(15)14-6-7-22/h22H,4-9H2,1-3H3,(H,13,16)(H,14,15)(H,17,18). The van der Waals surface area contributed by atoms with Crippen molar-refractivity contribution in [1.29, 1.82) is 0 Å². The van der Waals surface area contributed by atoms with Crippen LogP contribution in [0.15, 0.2) is 0 Å². The highest BCUT2D eigenvalue weighted by molar-refractivity contribution is 7.80. The van der Waals surface area contributed by atoms with Crippen molar-refractivity contribution in [2.75, 3.05) is 32.6 Å². The summed E-state index contributed by atoms with van der Waals surface area (Å²) in [4.78, 5) is 32.3. The van der Waals surface area contributed by atoms with Gasteiger partial charge in [-0.25, -0.2) is 4.57 Å². The number of hydrogen-bond acceptors (Lipinski definition) is 6. The van der Waals surface area contributed by atoms with E-state index in [4.69, 9.17) is 9.42 Å². The molecule has 0 saturated heterocycles. The highest BCUT2D eigenvalue weighted by atomic mass is 32.1. The van der Waals surface area contributed by atoms with Crippen molar-refractivity contribution in [3.8, 4) is 0 Å². The third-order valence-corrected chi connectivity index (χ3v) is 3.74.